The maximum Gasteiger partial charge on any atom is 0.0123 e. The first-order valence-electron chi connectivity index (χ1n) is 6.00. The zero-order valence-electron chi connectivity index (χ0n) is 9.05. The average Bonchev–Trinajstić information content (AvgIpc) is 2.86. The Hall–Kier alpha value is -0.0400. The van der Waals surface area contributed by atoms with Crippen molar-refractivity contribution in [3.8, 4) is 0 Å². The predicted octanol–water partition coefficient (Wildman–Crippen LogP) is 2.81. The fraction of sp³-hybridized carbons (Fsp3) is 1.00. The molecule has 0 amide bonds. The monoisotopic (exact) mass is 181 g/mol. The van der Waals surface area contributed by atoms with E-state index >= 15 is 0 Å². The van der Waals surface area contributed by atoms with Crippen LogP contribution in [0.3, 0.4) is 0 Å². The van der Waals surface area contributed by atoms with E-state index in [1.54, 1.807) is 0 Å². The Morgan fingerprint density at radius 1 is 1.15 bits per heavy atom. The summed E-state index contributed by atoms with van der Waals surface area (Å²) in [5.74, 6) is 3.00. The molecule has 2 saturated carbocycles. The van der Waals surface area contributed by atoms with Gasteiger partial charge < -0.3 is 5.32 Å². The Balaban J connectivity index is 1.87. The number of rotatable bonds is 3. The lowest BCUT2D eigenvalue weighted by Crippen LogP contribution is -2.37. The standard InChI is InChI=1S/C12H23N/c1-9-8-11(9)12(13-2)10-6-4-3-5-7-10/h9-13H,3-8H2,1-2H3. The summed E-state index contributed by atoms with van der Waals surface area (Å²) in [4.78, 5) is 0. The minimum Gasteiger partial charge on any atom is -0.316 e. The molecule has 3 atom stereocenters. The van der Waals surface area contributed by atoms with Crippen molar-refractivity contribution in [2.45, 2.75) is 51.5 Å². The van der Waals surface area contributed by atoms with Crippen molar-refractivity contribution >= 4 is 0 Å². The molecule has 0 saturated heterocycles. The maximum atomic E-state index is 3.56. The first-order valence-corrected chi connectivity index (χ1v) is 6.00. The molecule has 0 bridgehead atoms. The van der Waals surface area contributed by atoms with E-state index in [9.17, 15) is 0 Å². The molecule has 0 aromatic heterocycles. The fourth-order valence-corrected chi connectivity index (χ4v) is 3.14. The van der Waals surface area contributed by atoms with Gasteiger partial charge in [-0.2, -0.15) is 0 Å². The van der Waals surface area contributed by atoms with E-state index in [1.807, 2.05) is 0 Å². The SMILES string of the molecule is CNC(C1CCCCC1)C1CC1C. The lowest BCUT2D eigenvalue weighted by molar-refractivity contribution is 0.252. The summed E-state index contributed by atoms with van der Waals surface area (Å²) in [6, 6.07) is 0.843. The maximum absolute atomic E-state index is 3.56. The van der Waals surface area contributed by atoms with Gasteiger partial charge in [0, 0.05) is 6.04 Å². The third-order valence-corrected chi connectivity index (χ3v) is 4.12. The Kier molecular flexibility index (Phi) is 2.92. The highest BCUT2D eigenvalue weighted by atomic mass is 14.9. The van der Waals surface area contributed by atoms with E-state index in [4.69, 9.17) is 0 Å². The van der Waals surface area contributed by atoms with Gasteiger partial charge in [0.15, 0.2) is 0 Å². The van der Waals surface area contributed by atoms with Gasteiger partial charge in [-0.1, -0.05) is 26.2 Å². The smallest absolute Gasteiger partial charge is 0.0123 e. The predicted molar refractivity (Wildman–Crippen MR) is 56.7 cm³/mol. The van der Waals surface area contributed by atoms with Crippen molar-refractivity contribution in [1.82, 2.24) is 5.32 Å². The molecule has 13 heavy (non-hydrogen) atoms. The summed E-state index contributed by atoms with van der Waals surface area (Å²) in [5.41, 5.74) is 0. The van der Waals surface area contributed by atoms with Crippen molar-refractivity contribution in [3.05, 3.63) is 0 Å². The molecule has 0 aromatic rings. The van der Waals surface area contributed by atoms with Crippen molar-refractivity contribution < 1.29 is 0 Å². The molecule has 2 aliphatic rings. The summed E-state index contributed by atoms with van der Waals surface area (Å²) < 4.78 is 0. The third kappa shape index (κ3) is 2.07. The molecule has 0 spiro atoms. The molecule has 0 heterocycles. The molecule has 0 aromatic carbocycles. The van der Waals surface area contributed by atoms with Crippen LogP contribution in [0.4, 0.5) is 0 Å². The second-order valence-corrected chi connectivity index (χ2v) is 5.09. The van der Waals surface area contributed by atoms with Crippen molar-refractivity contribution in [3.63, 3.8) is 0 Å². The molecule has 0 radical (unpaired) electrons. The van der Waals surface area contributed by atoms with Crippen LogP contribution < -0.4 is 5.32 Å². The van der Waals surface area contributed by atoms with Gasteiger partial charge >= 0.3 is 0 Å². The van der Waals surface area contributed by atoms with E-state index in [-0.39, 0.29) is 0 Å². The van der Waals surface area contributed by atoms with Gasteiger partial charge in [-0.25, -0.2) is 0 Å². The molecule has 1 heteroatoms. The molecule has 0 aliphatic heterocycles. The van der Waals surface area contributed by atoms with Crippen LogP contribution >= 0.6 is 0 Å². The minimum absolute atomic E-state index is 0.843. The number of nitrogens with one attached hydrogen (secondary N) is 1. The van der Waals surface area contributed by atoms with E-state index < -0.39 is 0 Å². The van der Waals surface area contributed by atoms with Gasteiger partial charge in [-0.3, -0.25) is 0 Å². The lowest BCUT2D eigenvalue weighted by atomic mass is 9.82. The van der Waals surface area contributed by atoms with Crippen molar-refractivity contribution in [2.75, 3.05) is 7.05 Å². The zero-order valence-corrected chi connectivity index (χ0v) is 9.05. The summed E-state index contributed by atoms with van der Waals surface area (Å²) in [6.45, 7) is 2.40. The number of hydrogen-bond acceptors (Lipinski definition) is 1. The summed E-state index contributed by atoms with van der Waals surface area (Å²) in [6.07, 6.45) is 8.87. The van der Waals surface area contributed by atoms with Crippen molar-refractivity contribution in [1.29, 1.82) is 0 Å². The number of hydrogen-bond donors (Lipinski definition) is 1. The second-order valence-electron chi connectivity index (χ2n) is 5.09. The Morgan fingerprint density at radius 2 is 1.77 bits per heavy atom. The average molecular weight is 181 g/mol. The lowest BCUT2D eigenvalue weighted by Gasteiger charge is -2.30. The Morgan fingerprint density at radius 3 is 2.23 bits per heavy atom. The van der Waals surface area contributed by atoms with Gasteiger partial charge in [-0.15, -0.1) is 0 Å². The van der Waals surface area contributed by atoms with Crippen LogP contribution in [0.5, 0.6) is 0 Å². The molecule has 2 aliphatic carbocycles. The van der Waals surface area contributed by atoms with Gasteiger partial charge in [0.25, 0.3) is 0 Å². The topological polar surface area (TPSA) is 12.0 Å². The van der Waals surface area contributed by atoms with Gasteiger partial charge in [-0.05, 0) is 44.1 Å². The van der Waals surface area contributed by atoms with Gasteiger partial charge in [0.2, 0.25) is 0 Å². The highest BCUT2D eigenvalue weighted by Gasteiger charge is 2.42. The normalized spacial score (nSPS) is 37.4. The van der Waals surface area contributed by atoms with Crippen LogP contribution in [0.15, 0.2) is 0 Å². The first kappa shape index (κ1) is 9.51. The molecule has 76 valence electrons. The molecule has 2 rings (SSSR count). The van der Waals surface area contributed by atoms with Crippen LogP contribution in [0.2, 0.25) is 0 Å². The highest BCUT2D eigenvalue weighted by molar-refractivity contribution is 4.95. The molecule has 2 fully saturated rings. The second kappa shape index (κ2) is 4.00. The Labute approximate surface area is 82.3 Å². The zero-order chi connectivity index (χ0) is 9.26. The molecule has 3 unspecified atom stereocenters. The third-order valence-electron chi connectivity index (χ3n) is 4.12. The van der Waals surface area contributed by atoms with E-state index in [0.717, 1.165) is 23.8 Å². The molecular formula is C12H23N. The van der Waals surface area contributed by atoms with E-state index in [1.165, 1.54) is 38.5 Å². The first-order chi connectivity index (χ1) is 6.33. The molecule has 1 N–H and O–H groups in total. The summed E-state index contributed by atoms with van der Waals surface area (Å²) in [7, 11) is 2.16. The quantitative estimate of drug-likeness (QED) is 0.706. The van der Waals surface area contributed by atoms with Crippen LogP contribution in [0, 0.1) is 17.8 Å². The highest BCUT2D eigenvalue weighted by Crippen LogP contribution is 2.45. The summed E-state index contributed by atoms with van der Waals surface area (Å²) in [5, 5.41) is 3.56. The van der Waals surface area contributed by atoms with Gasteiger partial charge in [0.1, 0.15) is 0 Å². The van der Waals surface area contributed by atoms with Crippen molar-refractivity contribution in [2.24, 2.45) is 17.8 Å². The van der Waals surface area contributed by atoms with Crippen LogP contribution in [0.25, 0.3) is 0 Å². The molecular weight excluding hydrogens is 158 g/mol. The van der Waals surface area contributed by atoms with Crippen LogP contribution in [-0.2, 0) is 0 Å². The van der Waals surface area contributed by atoms with Crippen LogP contribution in [-0.4, -0.2) is 13.1 Å². The van der Waals surface area contributed by atoms with E-state index in [0.29, 0.717) is 0 Å². The summed E-state index contributed by atoms with van der Waals surface area (Å²) >= 11 is 0. The fourth-order valence-electron chi connectivity index (χ4n) is 3.14. The van der Waals surface area contributed by atoms with Gasteiger partial charge in [0.05, 0.1) is 0 Å². The largest absolute Gasteiger partial charge is 0.316 e. The molecule has 1 nitrogen and oxygen atoms in total. The van der Waals surface area contributed by atoms with Crippen LogP contribution in [0.1, 0.15) is 45.4 Å². The minimum atomic E-state index is 0.843. The Bertz CT molecular complexity index is 161. The van der Waals surface area contributed by atoms with E-state index in [2.05, 4.69) is 19.3 Å².